The van der Waals surface area contributed by atoms with Gasteiger partial charge in [0.2, 0.25) is 0 Å². The van der Waals surface area contributed by atoms with Crippen molar-refractivity contribution in [2.24, 2.45) is 0 Å². The Balaban J connectivity index is 3.16. The lowest BCUT2D eigenvalue weighted by Gasteiger charge is -2.01. The van der Waals surface area contributed by atoms with Crippen molar-refractivity contribution < 1.29 is 4.79 Å². The molecule has 0 bridgehead atoms. The minimum atomic E-state index is -0.0395. The van der Waals surface area contributed by atoms with Crippen LogP contribution in [-0.4, -0.2) is 11.7 Å². The summed E-state index contributed by atoms with van der Waals surface area (Å²) in [6.45, 7) is 0. The van der Waals surface area contributed by atoms with Crippen molar-refractivity contribution in [3.8, 4) is 0 Å². The van der Waals surface area contributed by atoms with Crippen LogP contribution in [0.15, 0.2) is 22.7 Å². The first kappa shape index (κ1) is 10.5. The molecule has 0 spiro atoms. The Morgan fingerprint density at radius 2 is 2.25 bits per heavy atom. The fourth-order valence-corrected chi connectivity index (χ4v) is 1.96. The molecule has 0 aliphatic rings. The van der Waals surface area contributed by atoms with Crippen LogP contribution in [0.1, 0.15) is 10.4 Å². The fourth-order valence-electron chi connectivity index (χ4n) is 0.791. The molecular formula is C8H5BrClIO. The third kappa shape index (κ3) is 2.20. The van der Waals surface area contributed by atoms with E-state index in [0.717, 1.165) is 8.04 Å². The van der Waals surface area contributed by atoms with E-state index >= 15 is 0 Å². The standard InChI is InChI=1S/C8H5BrClIO/c9-6-3-1-2-5(8(6)11)7(12)4-10/h1-3H,4H2. The van der Waals surface area contributed by atoms with Gasteiger partial charge in [-0.15, -0.1) is 11.6 Å². The van der Waals surface area contributed by atoms with Crippen LogP contribution in [0.5, 0.6) is 0 Å². The minimum Gasteiger partial charge on any atom is -0.293 e. The molecule has 12 heavy (non-hydrogen) atoms. The van der Waals surface area contributed by atoms with E-state index in [1.54, 1.807) is 6.07 Å². The molecule has 64 valence electrons. The minimum absolute atomic E-state index is 0.0342. The van der Waals surface area contributed by atoms with Crippen LogP contribution >= 0.6 is 50.1 Å². The maximum Gasteiger partial charge on any atom is 0.178 e. The lowest BCUT2D eigenvalue weighted by molar-refractivity contribution is 0.102. The molecule has 0 saturated carbocycles. The average Bonchev–Trinajstić information content (AvgIpc) is 2.08. The topological polar surface area (TPSA) is 17.1 Å². The second-order valence-corrected chi connectivity index (χ2v) is 4.36. The first-order chi connectivity index (χ1) is 5.66. The van der Waals surface area contributed by atoms with Gasteiger partial charge in [0.25, 0.3) is 0 Å². The van der Waals surface area contributed by atoms with E-state index in [2.05, 4.69) is 38.5 Å². The highest BCUT2D eigenvalue weighted by Crippen LogP contribution is 2.22. The second-order valence-electron chi connectivity index (χ2n) is 2.16. The molecule has 0 saturated heterocycles. The van der Waals surface area contributed by atoms with Crippen molar-refractivity contribution in [1.29, 1.82) is 0 Å². The van der Waals surface area contributed by atoms with E-state index in [-0.39, 0.29) is 11.7 Å². The Morgan fingerprint density at radius 3 is 2.83 bits per heavy atom. The molecule has 1 aromatic rings. The van der Waals surface area contributed by atoms with Gasteiger partial charge in [0, 0.05) is 13.6 Å². The summed E-state index contributed by atoms with van der Waals surface area (Å²) in [5.74, 6) is -0.00529. The van der Waals surface area contributed by atoms with Gasteiger partial charge in [-0.25, -0.2) is 0 Å². The number of benzene rings is 1. The predicted octanol–water partition coefficient (Wildman–Crippen LogP) is 3.48. The smallest absolute Gasteiger partial charge is 0.178 e. The van der Waals surface area contributed by atoms with Gasteiger partial charge in [-0.3, -0.25) is 4.79 Å². The zero-order valence-corrected chi connectivity index (χ0v) is 10.5. The molecule has 0 unspecified atom stereocenters. The van der Waals surface area contributed by atoms with Gasteiger partial charge in [0.05, 0.1) is 5.88 Å². The van der Waals surface area contributed by atoms with Crippen molar-refractivity contribution in [2.45, 2.75) is 0 Å². The summed E-state index contributed by atoms with van der Waals surface area (Å²) in [5, 5.41) is 0. The number of hydrogen-bond donors (Lipinski definition) is 0. The molecular weight excluding hydrogens is 354 g/mol. The van der Waals surface area contributed by atoms with E-state index in [4.69, 9.17) is 11.6 Å². The third-order valence-electron chi connectivity index (χ3n) is 1.37. The molecule has 1 nitrogen and oxygen atoms in total. The van der Waals surface area contributed by atoms with Crippen LogP contribution < -0.4 is 0 Å². The Hall–Kier alpha value is 0.390. The molecule has 0 atom stereocenters. The summed E-state index contributed by atoms with van der Waals surface area (Å²) in [6.07, 6.45) is 0. The molecule has 4 heteroatoms. The highest BCUT2D eigenvalue weighted by atomic mass is 127. The number of ketones is 1. The third-order valence-corrected chi connectivity index (χ3v) is 4.18. The Kier molecular flexibility index (Phi) is 3.99. The van der Waals surface area contributed by atoms with Crippen LogP contribution in [0, 0.1) is 3.57 Å². The summed E-state index contributed by atoms with van der Waals surface area (Å²) in [7, 11) is 0. The van der Waals surface area contributed by atoms with Crippen molar-refractivity contribution >= 4 is 55.9 Å². The largest absolute Gasteiger partial charge is 0.293 e. The molecule has 0 aromatic heterocycles. The van der Waals surface area contributed by atoms with Crippen molar-refractivity contribution in [1.82, 2.24) is 0 Å². The molecule has 0 N–H and O–H groups in total. The summed E-state index contributed by atoms with van der Waals surface area (Å²) < 4.78 is 1.85. The zero-order valence-electron chi connectivity index (χ0n) is 5.98. The normalized spacial score (nSPS) is 9.92. The quantitative estimate of drug-likeness (QED) is 0.449. The van der Waals surface area contributed by atoms with Gasteiger partial charge in [-0.05, 0) is 44.6 Å². The van der Waals surface area contributed by atoms with Crippen LogP contribution in [0.3, 0.4) is 0 Å². The maximum absolute atomic E-state index is 11.2. The fraction of sp³-hybridized carbons (Fsp3) is 0.125. The van der Waals surface area contributed by atoms with E-state index in [1.165, 1.54) is 0 Å². The molecule has 0 aliphatic heterocycles. The monoisotopic (exact) mass is 358 g/mol. The van der Waals surface area contributed by atoms with Gasteiger partial charge in [-0.1, -0.05) is 12.1 Å². The van der Waals surface area contributed by atoms with Crippen molar-refractivity contribution in [3.05, 3.63) is 31.8 Å². The van der Waals surface area contributed by atoms with Crippen molar-refractivity contribution in [3.63, 3.8) is 0 Å². The number of hydrogen-bond acceptors (Lipinski definition) is 1. The van der Waals surface area contributed by atoms with E-state index < -0.39 is 0 Å². The van der Waals surface area contributed by atoms with E-state index in [9.17, 15) is 4.79 Å². The molecule has 0 heterocycles. The van der Waals surface area contributed by atoms with Gasteiger partial charge in [0.1, 0.15) is 0 Å². The lowest BCUT2D eigenvalue weighted by atomic mass is 10.2. The summed E-state index contributed by atoms with van der Waals surface area (Å²) in [5.41, 5.74) is 0.681. The first-order valence-electron chi connectivity index (χ1n) is 3.20. The SMILES string of the molecule is O=C(CCl)c1cccc(Br)c1I. The van der Waals surface area contributed by atoms with E-state index in [0.29, 0.717) is 5.56 Å². The molecule has 0 radical (unpaired) electrons. The second kappa shape index (κ2) is 4.58. The number of alkyl halides is 1. The number of halogens is 3. The predicted molar refractivity (Wildman–Crippen MR) is 61.9 cm³/mol. The van der Waals surface area contributed by atoms with Gasteiger partial charge >= 0.3 is 0 Å². The number of carbonyl (C=O) groups excluding carboxylic acids is 1. The first-order valence-corrected chi connectivity index (χ1v) is 5.60. The molecule has 1 rings (SSSR count). The van der Waals surface area contributed by atoms with Crippen LogP contribution in [0.25, 0.3) is 0 Å². The molecule has 0 amide bonds. The van der Waals surface area contributed by atoms with Gasteiger partial charge in [-0.2, -0.15) is 0 Å². The highest BCUT2D eigenvalue weighted by molar-refractivity contribution is 14.1. The highest BCUT2D eigenvalue weighted by Gasteiger charge is 2.09. The van der Waals surface area contributed by atoms with Gasteiger partial charge in [0.15, 0.2) is 5.78 Å². The zero-order chi connectivity index (χ0) is 9.14. The lowest BCUT2D eigenvalue weighted by Crippen LogP contribution is -2.02. The van der Waals surface area contributed by atoms with Crippen molar-refractivity contribution in [2.75, 3.05) is 5.88 Å². The Morgan fingerprint density at radius 1 is 1.58 bits per heavy atom. The molecule has 1 aromatic carbocycles. The molecule has 0 aliphatic carbocycles. The van der Waals surface area contributed by atoms with Crippen LogP contribution in [0.4, 0.5) is 0 Å². The van der Waals surface area contributed by atoms with Crippen LogP contribution in [0.2, 0.25) is 0 Å². The summed E-state index contributed by atoms with van der Waals surface area (Å²) in [6, 6.07) is 5.50. The van der Waals surface area contributed by atoms with Crippen LogP contribution in [-0.2, 0) is 0 Å². The van der Waals surface area contributed by atoms with Gasteiger partial charge < -0.3 is 0 Å². The average molecular weight is 359 g/mol. The Bertz CT molecular complexity index is 314. The number of carbonyl (C=O) groups is 1. The number of rotatable bonds is 2. The maximum atomic E-state index is 11.2. The number of Topliss-reactive ketones (excluding diaryl/α,β-unsaturated/α-hetero) is 1. The summed E-state index contributed by atoms with van der Waals surface area (Å²) in [4.78, 5) is 11.2. The summed E-state index contributed by atoms with van der Waals surface area (Å²) >= 11 is 10.9. The molecule has 0 fully saturated rings. The van der Waals surface area contributed by atoms with E-state index in [1.807, 2.05) is 12.1 Å². The Labute approximate surface area is 97.8 Å².